The molecule has 0 fully saturated rings. The van der Waals surface area contributed by atoms with Crippen LogP contribution in [0.3, 0.4) is 0 Å². The summed E-state index contributed by atoms with van der Waals surface area (Å²) in [6.45, 7) is -0.0167. The van der Waals surface area contributed by atoms with Gasteiger partial charge in [0.1, 0.15) is 11.5 Å². The molecule has 0 aromatic carbocycles. The number of thioether (sulfide) groups is 1. The minimum absolute atomic E-state index is 0.0167. The number of nitrogens with one attached hydrogen (secondary N) is 1. The number of anilines is 1. The zero-order valence-electron chi connectivity index (χ0n) is 9.87. The van der Waals surface area contributed by atoms with Crippen molar-refractivity contribution in [3.63, 3.8) is 0 Å². The fourth-order valence-corrected chi connectivity index (χ4v) is 2.09. The smallest absolute Gasteiger partial charge is 0.396 e. The first kappa shape index (κ1) is 15.1. The van der Waals surface area contributed by atoms with Crippen molar-refractivity contribution in [2.24, 2.45) is 0 Å². The molecule has 0 spiro atoms. The number of hydrogen-bond donors (Lipinski definition) is 2. The molecular formula is C11H15F3N2OS. The van der Waals surface area contributed by atoms with Crippen LogP contribution in [0.4, 0.5) is 19.0 Å². The third-order valence-corrected chi connectivity index (χ3v) is 2.97. The molecule has 0 saturated heterocycles. The lowest BCUT2D eigenvalue weighted by Gasteiger charge is -2.18. The van der Waals surface area contributed by atoms with E-state index in [4.69, 9.17) is 5.11 Å². The van der Waals surface area contributed by atoms with Crippen molar-refractivity contribution in [3.8, 4) is 0 Å². The largest absolute Gasteiger partial charge is 0.433 e. The van der Waals surface area contributed by atoms with Crippen molar-refractivity contribution in [1.29, 1.82) is 0 Å². The van der Waals surface area contributed by atoms with Gasteiger partial charge in [-0.1, -0.05) is 6.07 Å². The third-order valence-electron chi connectivity index (χ3n) is 2.24. The summed E-state index contributed by atoms with van der Waals surface area (Å²) in [6, 6.07) is 3.63. The van der Waals surface area contributed by atoms with E-state index >= 15 is 0 Å². The normalized spacial score (nSPS) is 13.4. The zero-order valence-corrected chi connectivity index (χ0v) is 10.7. The van der Waals surface area contributed by atoms with Gasteiger partial charge in [-0.15, -0.1) is 0 Å². The van der Waals surface area contributed by atoms with Gasteiger partial charge in [-0.3, -0.25) is 0 Å². The van der Waals surface area contributed by atoms with Gasteiger partial charge in [-0.25, -0.2) is 4.98 Å². The maximum Gasteiger partial charge on any atom is 0.433 e. The lowest BCUT2D eigenvalue weighted by Crippen LogP contribution is -2.24. The first-order valence-corrected chi connectivity index (χ1v) is 6.77. The van der Waals surface area contributed by atoms with Gasteiger partial charge in [-0.2, -0.15) is 24.9 Å². The quantitative estimate of drug-likeness (QED) is 0.841. The lowest BCUT2D eigenvalue weighted by molar-refractivity contribution is -0.141. The molecule has 0 saturated carbocycles. The molecule has 1 rings (SSSR count). The first-order valence-electron chi connectivity index (χ1n) is 5.38. The van der Waals surface area contributed by atoms with E-state index in [0.29, 0.717) is 12.2 Å². The second kappa shape index (κ2) is 6.84. The van der Waals surface area contributed by atoms with Crippen molar-refractivity contribution >= 4 is 17.6 Å². The van der Waals surface area contributed by atoms with Crippen LogP contribution in [-0.4, -0.2) is 34.7 Å². The van der Waals surface area contributed by atoms with Crippen molar-refractivity contribution < 1.29 is 18.3 Å². The fraction of sp³-hybridized carbons (Fsp3) is 0.545. The number of alkyl halides is 3. The average Bonchev–Trinajstić information content (AvgIpc) is 2.29. The molecule has 0 aliphatic carbocycles. The Morgan fingerprint density at radius 1 is 1.44 bits per heavy atom. The predicted molar refractivity (Wildman–Crippen MR) is 66.7 cm³/mol. The van der Waals surface area contributed by atoms with E-state index < -0.39 is 11.9 Å². The summed E-state index contributed by atoms with van der Waals surface area (Å²) in [5.74, 6) is 0.871. The zero-order chi connectivity index (χ0) is 13.6. The Kier molecular flexibility index (Phi) is 5.74. The lowest BCUT2D eigenvalue weighted by atomic mass is 10.2. The Hall–Kier alpha value is -0.950. The highest BCUT2D eigenvalue weighted by Crippen LogP contribution is 2.28. The summed E-state index contributed by atoms with van der Waals surface area (Å²) in [7, 11) is 0. The number of rotatable bonds is 6. The van der Waals surface area contributed by atoms with E-state index in [1.54, 1.807) is 11.8 Å². The highest BCUT2D eigenvalue weighted by atomic mass is 32.2. The number of halogens is 3. The summed E-state index contributed by atoms with van der Waals surface area (Å²) in [5.41, 5.74) is -0.917. The van der Waals surface area contributed by atoms with Gasteiger partial charge in [-0.05, 0) is 24.8 Å². The molecule has 0 aliphatic heterocycles. The minimum Gasteiger partial charge on any atom is -0.396 e. The van der Waals surface area contributed by atoms with E-state index in [9.17, 15) is 13.2 Å². The summed E-state index contributed by atoms with van der Waals surface area (Å²) < 4.78 is 37.4. The third kappa shape index (κ3) is 4.73. The summed E-state index contributed by atoms with van der Waals surface area (Å²) in [6.07, 6.45) is -2.08. The van der Waals surface area contributed by atoms with Gasteiger partial charge in [0.05, 0.1) is 0 Å². The van der Waals surface area contributed by atoms with Crippen molar-refractivity contribution in [2.45, 2.75) is 18.6 Å². The van der Waals surface area contributed by atoms with Crippen LogP contribution in [0.2, 0.25) is 0 Å². The molecule has 0 amide bonds. The van der Waals surface area contributed by atoms with Crippen molar-refractivity contribution in [1.82, 2.24) is 4.98 Å². The molecule has 7 heteroatoms. The molecule has 2 N–H and O–H groups in total. The number of pyridine rings is 1. The van der Waals surface area contributed by atoms with Crippen molar-refractivity contribution in [2.75, 3.05) is 23.9 Å². The van der Waals surface area contributed by atoms with E-state index in [1.165, 1.54) is 12.1 Å². The molecule has 3 nitrogen and oxygen atoms in total. The number of aliphatic hydroxyl groups excluding tert-OH is 1. The summed E-state index contributed by atoms with van der Waals surface area (Å²) >= 11 is 1.56. The Morgan fingerprint density at radius 3 is 2.72 bits per heavy atom. The number of nitrogens with zero attached hydrogens (tertiary/aromatic N) is 1. The molecule has 1 heterocycles. The number of aromatic nitrogens is 1. The monoisotopic (exact) mass is 280 g/mol. The molecule has 1 aromatic heterocycles. The Morgan fingerprint density at radius 2 is 2.17 bits per heavy atom. The molecule has 0 aliphatic rings. The van der Waals surface area contributed by atoms with Gasteiger partial charge in [0.25, 0.3) is 0 Å². The molecular weight excluding hydrogens is 265 g/mol. The molecule has 0 radical (unpaired) electrons. The van der Waals surface area contributed by atoms with Gasteiger partial charge < -0.3 is 10.4 Å². The van der Waals surface area contributed by atoms with E-state index in [-0.39, 0.29) is 18.5 Å². The maximum absolute atomic E-state index is 12.5. The average molecular weight is 280 g/mol. The highest BCUT2D eigenvalue weighted by molar-refractivity contribution is 7.98. The van der Waals surface area contributed by atoms with Crippen molar-refractivity contribution in [3.05, 3.63) is 23.9 Å². The van der Waals surface area contributed by atoms with E-state index in [0.717, 1.165) is 6.07 Å². The Bertz CT molecular complexity index is 368. The van der Waals surface area contributed by atoms with Crippen LogP contribution in [-0.2, 0) is 6.18 Å². The number of aliphatic hydroxyl groups is 1. The molecule has 0 unspecified atom stereocenters. The van der Waals surface area contributed by atoms with Crippen LogP contribution in [0.15, 0.2) is 18.2 Å². The molecule has 1 aromatic rings. The van der Waals surface area contributed by atoms with E-state index in [2.05, 4.69) is 10.3 Å². The molecule has 0 bridgehead atoms. The summed E-state index contributed by atoms with van der Waals surface area (Å²) in [4.78, 5) is 3.52. The second-order valence-corrected chi connectivity index (χ2v) is 4.63. The molecule has 18 heavy (non-hydrogen) atoms. The van der Waals surface area contributed by atoms with Crippen LogP contribution >= 0.6 is 11.8 Å². The minimum atomic E-state index is -4.44. The second-order valence-electron chi connectivity index (χ2n) is 3.71. The van der Waals surface area contributed by atoms with Crippen LogP contribution in [0.25, 0.3) is 0 Å². The Balaban J connectivity index is 2.77. The fourth-order valence-electron chi connectivity index (χ4n) is 1.44. The topological polar surface area (TPSA) is 45.1 Å². The molecule has 102 valence electrons. The van der Waals surface area contributed by atoms with Gasteiger partial charge in [0, 0.05) is 18.4 Å². The summed E-state index contributed by atoms with van der Waals surface area (Å²) in [5, 5.41) is 11.8. The van der Waals surface area contributed by atoms with Gasteiger partial charge in [0.2, 0.25) is 0 Å². The molecule has 1 atom stereocenters. The Labute approximate surface area is 108 Å². The van der Waals surface area contributed by atoms with Crippen LogP contribution < -0.4 is 5.32 Å². The van der Waals surface area contributed by atoms with Gasteiger partial charge >= 0.3 is 6.18 Å². The maximum atomic E-state index is 12.5. The van der Waals surface area contributed by atoms with Crippen LogP contribution in [0.1, 0.15) is 12.1 Å². The SMILES string of the molecule is CSC[C@@H](CCO)Nc1cccc(C(F)(F)F)n1. The number of hydrogen-bond acceptors (Lipinski definition) is 4. The standard InChI is InChI=1S/C11H15F3N2OS/c1-18-7-8(5-6-17)15-10-4-2-3-9(16-10)11(12,13)14/h2-4,8,17H,5-7H2,1H3,(H,15,16)/t8-/m1/s1. The first-order chi connectivity index (χ1) is 8.47. The predicted octanol–water partition coefficient (Wildman–Crippen LogP) is 2.63. The van der Waals surface area contributed by atoms with E-state index in [1.807, 2.05) is 6.26 Å². The van der Waals surface area contributed by atoms with Gasteiger partial charge in [0.15, 0.2) is 0 Å². The van der Waals surface area contributed by atoms with Crippen LogP contribution in [0.5, 0.6) is 0 Å². The van der Waals surface area contributed by atoms with Crippen LogP contribution in [0, 0.1) is 0 Å². The highest BCUT2D eigenvalue weighted by Gasteiger charge is 2.32.